The predicted molar refractivity (Wildman–Crippen MR) is 150 cm³/mol. The number of esters is 1. The Kier molecular flexibility index (Phi) is 8.20. The first-order chi connectivity index (χ1) is 20.0. The second-order valence-electron chi connectivity index (χ2n) is 8.69. The molecule has 10 heteroatoms. The SMILES string of the molecule is CCOC(=O)c1ccc(-c2ccc(/C=N/NC(=O)/C(=C\c3ccc4c(c3)OCO4)NC(=O)c3ccccc3)o2)cc1. The third-order valence-corrected chi connectivity index (χ3v) is 5.90. The first-order valence-corrected chi connectivity index (χ1v) is 12.7. The number of rotatable bonds is 9. The maximum atomic E-state index is 13.1. The molecule has 0 unspecified atom stereocenters. The fourth-order valence-electron chi connectivity index (χ4n) is 3.89. The van der Waals surface area contributed by atoms with E-state index >= 15 is 0 Å². The van der Waals surface area contributed by atoms with Crippen LogP contribution in [-0.2, 0) is 9.53 Å². The summed E-state index contributed by atoms with van der Waals surface area (Å²) in [4.78, 5) is 37.7. The number of nitrogens with zero attached hydrogens (tertiary/aromatic N) is 1. The molecule has 2 heterocycles. The average molecular weight is 552 g/mol. The molecule has 0 spiro atoms. The number of hydrazone groups is 1. The highest BCUT2D eigenvalue weighted by molar-refractivity contribution is 6.05. The largest absolute Gasteiger partial charge is 0.462 e. The molecule has 2 N–H and O–H groups in total. The van der Waals surface area contributed by atoms with Crippen molar-refractivity contribution in [3.8, 4) is 22.8 Å². The molecule has 5 rings (SSSR count). The minimum Gasteiger partial charge on any atom is -0.462 e. The molecule has 3 aromatic carbocycles. The summed E-state index contributed by atoms with van der Waals surface area (Å²) in [6.45, 7) is 2.16. The lowest BCUT2D eigenvalue weighted by Crippen LogP contribution is -2.32. The highest BCUT2D eigenvalue weighted by Crippen LogP contribution is 2.33. The maximum absolute atomic E-state index is 13.1. The number of fused-ring (bicyclic) bond motifs is 1. The lowest BCUT2D eigenvalue weighted by molar-refractivity contribution is -0.117. The molecule has 0 atom stereocenters. The highest BCUT2D eigenvalue weighted by atomic mass is 16.7. The van der Waals surface area contributed by atoms with E-state index in [1.54, 1.807) is 91.9 Å². The second kappa shape index (κ2) is 12.5. The number of hydrogen-bond acceptors (Lipinski definition) is 8. The van der Waals surface area contributed by atoms with E-state index in [0.717, 1.165) is 5.56 Å². The maximum Gasteiger partial charge on any atom is 0.338 e. The fourth-order valence-corrected chi connectivity index (χ4v) is 3.89. The average Bonchev–Trinajstić information content (AvgIpc) is 3.67. The Balaban J connectivity index is 1.29. The summed E-state index contributed by atoms with van der Waals surface area (Å²) in [6.07, 6.45) is 2.85. The van der Waals surface area contributed by atoms with Gasteiger partial charge in [-0.1, -0.05) is 36.4 Å². The van der Waals surface area contributed by atoms with E-state index in [4.69, 9.17) is 18.6 Å². The van der Waals surface area contributed by atoms with E-state index in [2.05, 4.69) is 15.8 Å². The van der Waals surface area contributed by atoms with Gasteiger partial charge in [0.25, 0.3) is 11.8 Å². The Morgan fingerprint density at radius 2 is 1.68 bits per heavy atom. The molecule has 0 bridgehead atoms. The van der Waals surface area contributed by atoms with E-state index in [9.17, 15) is 14.4 Å². The standard InChI is InChI=1S/C31H25N3O7/c1-2-38-31(37)23-11-9-21(10-12-23)26-15-13-24(41-26)18-32-34-30(36)25(33-29(35)22-6-4-3-5-7-22)16-20-8-14-27-28(17-20)40-19-39-27/h3-18H,2,19H2,1H3,(H,33,35)(H,34,36)/b25-16+,32-18+. The van der Waals surface area contributed by atoms with Gasteiger partial charge in [0.2, 0.25) is 6.79 Å². The molecule has 41 heavy (non-hydrogen) atoms. The molecular formula is C31H25N3O7. The number of carbonyl (C=O) groups is 3. The van der Waals surface area contributed by atoms with Gasteiger partial charge < -0.3 is 23.9 Å². The van der Waals surface area contributed by atoms with Crippen LogP contribution in [0.25, 0.3) is 17.4 Å². The van der Waals surface area contributed by atoms with Gasteiger partial charge in [0, 0.05) is 11.1 Å². The molecule has 206 valence electrons. The van der Waals surface area contributed by atoms with Gasteiger partial charge in [0.1, 0.15) is 17.2 Å². The summed E-state index contributed by atoms with van der Waals surface area (Å²) in [5.74, 6) is 0.560. The minimum absolute atomic E-state index is 0.0308. The zero-order valence-electron chi connectivity index (χ0n) is 22.0. The van der Waals surface area contributed by atoms with Gasteiger partial charge in [0.05, 0.1) is 18.4 Å². The van der Waals surface area contributed by atoms with Crippen molar-refractivity contribution in [2.24, 2.45) is 5.10 Å². The third kappa shape index (κ3) is 6.69. The Morgan fingerprint density at radius 3 is 2.46 bits per heavy atom. The van der Waals surface area contributed by atoms with Crippen molar-refractivity contribution in [3.63, 3.8) is 0 Å². The van der Waals surface area contributed by atoms with Crippen molar-refractivity contribution in [1.29, 1.82) is 0 Å². The molecule has 2 amide bonds. The van der Waals surface area contributed by atoms with E-state index in [-0.39, 0.29) is 12.5 Å². The zero-order chi connectivity index (χ0) is 28.6. The second-order valence-corrected chi connectivity index (χ2v) is 8.69. The van der Waals surface area contributed by atoms with Crippen LogP contribution >= 0.6 is 0 Å². The summed E-state index contributed by atoms with van der Waals surface area (Å²) in [5.41, 5.74) is 4.58. The lowest BCUT2D eigenvalue weighted by Gasteiger charge is -2.09. The first-order valence-electron chi connectivity index (χ1n) is 12.7. The highest BCUT2D eigenvalue weighted by Gasteiger charge is 2.17. The molecule has 1 aromatic heterocycles. The summed E-state index contributed by atoms with van der Waals surface area (Å²) in [7, 11) is 0. The number of furan rings is 1. The van der Waals surface area contributed by atoms with Gasteiger partial charge in [-0.05, 0) is 67.1 Å². The Hall–Kier alpha value is -5.64. The quantitative estimate of drug-likeness (QED) is 0.133. The minimum atomic E-state index is -0.649. The van der Waals surface area contributed by atoms with Crippen LogP contribution in [0.1, 0.15) is 39.0 Å². The Bertz CT molecular complexity index is 1620. The van der Waals surface area contributed by atoms with Gasteiger partial charge in [-0.3, -0.25) is 9.59 Å². The van der Waals surface area contributed by atoms with Crippen LogP contribution in [0.2, 0.25) is 0 Å². The Morgan fingerprint density at radius 1 is 0.902 bits per heavy atom. The van der Waals surface area contributed by atoms with Crippen molar-refractivity contribution in [2.75, 3.05) is 13.4 Å². The molecule has 1 aliphatic rings. The molecule has 0 aliphatic carbocycles. The summed E-state index contributed by atoms with van der Waals surface area (Å²) in [5, 5.41) is 6.64. The molecular weight excluding hydrogens is 526 g/mol. The topological polar surface area (TPSA) is 128 Å². The zero-order valence-corrected chi connectivity index (χ0v) is 22.0. The monoisotopic (exact) mass is 551 g/mol. The van der Waals surface area contributed by atoms with Crippen molar-refractivity contribution < 1.29 is 33.0 Å². The summed E-state index contributed by atoms with van der Waals surface area (Å²) < 4.78 is 21.5. The molecule has 0 saturated carbocycles. The molecule has 1 aliphatic heterocycles. The van der Waals surface area contributed by atoms with Crippen LogP contribution in [0, 0.1) is 0 Å². The van der Waals surface area contributed by atoms with E-state index < -0.39 is 17.8 Å². The van der Waals surface area contributed by atoms with Crippen molar-refractivity contribution in [2.45, 2.75) is 6.92 Å². The Labute approximate surface area is 235 Å². The number of nitrogens with one attached hydrogen (secondary N) is 2. The van der Waals surface area contributed by atoms with Crippen LogP contribution < -0.4 is 20.2 Å². The van der Waals surface area contributed by atoms with Crippen LogP contribution in [-0.4, -0.2) is 37.4 Å². The molecule has 0 saturated heterocycles. The fraction of sp³-hybridized carbons (Fsp3) is 0.0968. The number of amides is 2. The number of hydrogen-bond donors (Lipinski definition) is 2. The van der Waals surface area contributed by atoms with E-state index in [1.807, 2.05) is 0 Å². The van der Waals surface area contributed by atoms with Gasteiger partial charge in [0.15, 0.2) is 11.5 Å². The van der Waals surface area contributed by atoms with E-state index in [0.29, 0.717) is 46.3 Å². The van der Waals surface area contributed by atoms with Gasteiger partial charge >= 0.3 is 5.97 Å². The molecule has 4 aromatic rings. The number of carbonyl (C=O) groups excluding carboxylic acids is 3. The van der Waals surface area contributed by atoms with Crippen LogP contribution in [0.15, 0.2) is 100 Å². The van der Waals surface area contributed by atoms with Crippen LogP contribution in [0.4, 0.5) is 0 Å². The number of benzene rings is 3. The van der Waals surface area contributed by atoms with Gasteiger partial charge in [-0.15, -0.1) is 0 Å². The molecule has 10 nitrogen and oxygen atoms in total. The van der Waals surface area contributed by atoms with Crippen LogP contribution in [0.3, 0.4) is 0 Å². The predicted octanol–water partition coefficient (Wildman–Crippen LogP) is 4.77. The molecule has 0 radical (unpaired) electrons. The van der Waals surface area contributed by atoms with Crippen molar-refractivity contribution in [1.82, 2.24) is 10.7 Å². The van der Waals surface area contributed by atoms with Gasteiger partial charge in [-0.25, -0.2) is 10.2 Å². The van der Waals surface area contributed by atoms with Crippen LogP contribution in [0.5, 0.6) is 11.5 Å². The molecule has 0 fully saturated rings. The smallest absolute Gasteiger partial charge is 0.338 e. The lowest BCUT2D eigenvalue weighted by atomic mass is 10.1. The van der Waals surface area contributed by atoms with Crippen molar-refractivity contribution in [3.05, 3.63) is 113 Å². The van der Waals surface area contributed by atoms with Gasteiger partial charge in [-0.2, -0.15) is 5.10 Å². The van der Waals surface area contributed by atoms with Crippen molar-refractivity contribution >= 4 is 30.1 Å². The normalized spacial score (nSPS) is 12.3. The third-order valence-electron chi connectivity index (χ3n) is 5.90. The first kappa shape index (κ1) is 26.9. The summed E-state index contributed by atoms with van der Waals surface area (Å²) in [6, 6.07) is 23.9. The number of ether oxygens (including phenoxy) is 3. The van der Waals surface area contributed by atoms with E-state index in [1.165, 1.54) is 12.3 Å². The summed E-state index contributed by atoms with van der Waals surface area (Å²) >= 11 is 0.